The van der Waals surface area contributed by atoms with Crippen LogP contribution in [0.2, 0.25) is 0 Å². The number of carbonyl (C=O) groups is 1. The largest absolute Gasteiger partial charge is 0.342 e. The Bertz CT molecular complexity index is 781. The molecule has 9 heteroatoms. The predicted molar refractivity (Wildman–Crippen MR) is 82.5 cm³/mol. The molecule has 1 N–H and O–H groups in total. The van der Waals surface area contributed by atoms with E-state index in [2.05, 4.69) is 15.2 Å². The SMILES string of the molecule is CS(=O)(=O)c1cn[nH]c1[C@H]1CCN(C(=O)CCn2ccnc2)C1. The van der Waals surface area contributed by atoms with Gasteiger partial charge in [-0.05, 0) is 6.42 Å². The molecule has 0 unspecified atom stereocenters. The second kappa shape index (κ2) is 6.15. The van der Waals surface area contributed by atoms with Gasteiger partial charge in [0.2, 0.25) is 5.91 Å². The van der Waals surface area contributed by atoms with Gasteiger partial charge in [0.15, 0.2) is 9.84 Å². The van der Waals surface area contributed by atoms with Crippen molar-refractivity contribution < 1.29 is 13.2 Å². The monoisotopic (exact) mass is 337 g/mol. The number of hydrogen-bond donors (Lipinski definition) is 1. The molecule has 3 heterocycles. The average Bonchev–Trinajstić information content (AvgIpc) is 3.22. The highest BCUT2D eigenvalue weighted by Gasteiger charge is 2.31. The maximum absolute atomic E-state index is 12.3. The number of aryl methyl sites for hydroxylation is 1. The highest BCUT2D eigenvalue weighted by Crippen LogP contribution is 2.30. The summed E-state index contributed by atoms with van der Waals surface area (Å²) in [6.07, 6.45) is 8.85. The van der Waals surface area contributed by atoms with Crippen molar-refractivity contribution in [1.29, 1.82) is 0 Å². The van der Waals surface area contributed by atoms with Crippen LogP contribution in [0.3, 0.4) is 0 Å². The van der Waals surface area contributed by atoms with Gasteiger partial charge in [0, 0.05) is 50.6 Å². The number of likely N-dealkylation sites (tertiary alicyclic amines) is 1. The smallest absolute Gasteiger partial charge is 0.224 e. The lowest BCUT2D eigenvalue weighted by molar-refractivity contribution is -0.130. The van der Waals surface area contributed by atoms with E-state index in [1.54, 1.807) is 17.4 Å². The quantitative estimate of drug-likeness (QED) is 0.852. The van der Waals surface area contributed by atoms with Gasteiger partial charge in [-0.3, -0.25) is 9.89 Å². The Morgan fingerprint density at radius 3 is 3.00 bits per heavy atom. The van der Waals surface area contributed by atoms with Crippen LogP contribution in [0, 0.1) is 0 Å². The zero-order valence-corrected chi connectivity index (χ0v) is 13.7. The molecule has 0 bridgehead atoms. The minimum absolute atomic E-state index is 0.0144. The molecule has 23 heavy (non-hydrogen) atoms. The second-order valence-corrected chi connectivity index (χ2v) is 7.78. The summed E-state index contributed by atoms with van der Waals surface area (Å²) in [5, 5.41) is 6.64. The Morgan fingerprint density at radius 2 is 2.30 bits per heavy atom. The first-order valence-corrected chi connectivity index (χ1v) is 9.31. The fraction of sp³-hybridized carbons (Fsp3) is 0.500. The Balaban J connectivity index is 1.62. The number of nitrogens with zero attached hydrogens (tertiary/aromatic N) is 4. The Hall–Kier alpha value is -2.16. The van der Waals surface area contributed by atoms with Gasteiger partial charge in [-0.15, -0.1) is 0 Å². The Kier molecular flexibility index (Phi) is 4.20. The fourth-order valence-electron chi connectivity index (χ4n) is 2.90. The number of aromatic nitrogens is 4. The third-order valence-corrected chi connectivity index (χ3v) is 5.25. The number of amides is 1. The maximum Gasteiger partial charge on any atom is 0.224 e. The lowest BCUT2D eigenvalue weighted by Crippen LogP contribution is -2.29. The van der Waals surface area contributed by atoms with Crippen molar-refractivity contribution in [2.24, 2.45) is 0 Å². The van der Waals surface area contributed by atoms with Crippen LogP contribution in [-0.4, -0.2) is 58.3 Å². The molecule has 0 spiro atoms. The minimum atomic E-state index is -3.31. The summed E-state index contributed by atoms with van der Waals surface area (Å²) in [5.74, 6) is 0.0565. The van der Waals surface area contributed by atoms with Gasteiger partial charge < -0.3 is 9.47 Å². The molecule has 2 aromatic heterocycles. The van der Waals surface area contributed by atoms with Crippen LogP contribution >= 0.6 is 0 Å². The highest BCUT2D eigenvalue weighted by molar-refractivity contribution is 7.90. The summed E-state index contributed by atoms with van der Waals surface area (Å²) < 4.78 is 25.4. The van der Waals surface area contributed by atoms with Crippen molar-refractivity contribution in [1.82, 2.24) is 24.6 Å². The number of imidazole rings is 1. The van der Waals surface area contributed by atoms with Gasteiger partial charge in [0.25, 0.3) is 0 Å². The van der Waals surface area contributed by atoms with E-state index in [0.29, 0.717) is 31.7 Å². The molecular weight excluding hydrogens is 318 g/mol. The van der Waals surface area contributed by atoms with E-state index in [1.165, 1.54) is 12.5 Å². The van der Waals surface area contributed by atoms with E-state index < -0.39 is 9.84 Å². The third-order valence-electron chi connectivity index (χ3n) is 4.12. The van der Waals surface area contributed by atoms with Crippen LogP contribution in [0.4, 0.5) is 0 Å². The number of hydrogen-bond acceptors (Lipinski definition) is 5. The number of sulfone groups is 1. The van der Waals surface area contributed by atoms with Crippen molar-refractivity contribution in [3.63, 3.8) is 0 Å². The molecule has 1 aliphatic heterocycles. The topological polar surface area (TPSA) is 101 Å². The zero-order valence-electron chi connectivity index (χ0n) is 12.8. The molecule has 1 saturated heterocycles. The second-order valence-electron chi connectivity index (χ2n) is 5.80. The molecule has 0 aromatic carbocycles. The first-order chi connectivity index (χ1) is 10.9. The number of nitrogens with one attached hydrogen (secondary N) is 1. The van der Waals surface area contributed by atoms with Crippen molar-refractivity contribution >= 4 is 15.7 Å². The number of rotatable bonds is 5. The van der Waals surface area contributed by atoms with Crippen molar-refractivity contribution in [2.45, 2.75) is 30.2 Å². The van der Waals surface area contributed by atoms with Crippen molar-refractivity contribution in [2.75, 3.05) is 19.3 Å². The van der Waals surface area contributed by atoms with Crippen LogP contribution in [0.1, 0.15) is 24.5 Å². The predicted octanol–water partition coefficient (Wildman–Crippen LogP) is 0.416. The molecule has 0 aliphatic carbocycles. The molecule has 2 aromatic rings. The number of carbonyl (C=O) groups excluding carboxylic acids is 1. The Morgan fingerprint density at radius 1 is 1.48 bits per heavy atom. The molecule has 1 aliphatic rings. The number of aromatic amines is 1. The van der Waals surface area contributed by atoms with E-state index in [-0.39, 0.29) is 16.7 Å². The average molecular weight is 337 g/mol. The molecule has 8 nitrogen and oxygen atoms in total. The van der Waals surface area contributed by atoms with E-state index in [9.17, 15) is 13.2 Å². The first kappa shape index (κ1) is 15.7. The summed E-state index contributed by atoms with van der Waals surface area (Å²) in [6.45, 7) is 1.75. The lowest BCUT2D eigenvalue weighted by Gasteiger charge is -2.16. The summed E-state index contributed by atoms with van der Waals surface area (Å²) in [7, 11) is -3.31. The fourth-order valence-corrected chi connectivity index (χ4v) is 3.75. The van der Waals surface area contributed by atoms with E-state index in [0.717, 1.165) is 6.42 Å². The maximum atomic E-state index is 12.3. The molecular formula is C14H19N5O3S. The number of H-pyrrole nitrogens is 1. The van der Waals surface area contributed by atoms with Crippen LogP contribution in [0.25, 0.3) is 0 Å². The summed E-state index contributed by atoms with van der Waals surface area (Å²) in [4.78, 5) is 18.2. The Labute approximate surface area is 134 Å². The van der Waals surface area contributed by atoms with Crippen molar-refractivity contribution in [3.8, 4) is 0 Å². The van der Waals surface area contributed by atoms with Crippen LogP contribution in [0.15, 0.2) is 29.8 Å². The van der Waals surface area contributed by atoms with Crippen LogP contribution in [-0.2, 0) is 21.2 Å². The van der Waals surface area contributed by atoms with Crippen LogP contribution < -0.4 is 0 Å². The van der Waals surface area contributed by atoms with Gasteiger partial charge in [0.05, 0.1) is 18.2 Å². The standard InChI is InChI=1S/C14H19N5O3S/c1-23(21,22)12-8-16-17-14(12)11-2-6-19(9-11)13(20)3-5-18-7-4-15-10-18/h4,7-8,10-11H,2-3,5-6,9H2,1H3,(H,16,17)/t11-/m0/s1. The molecule has 0 radical (unpaired) electrons. The minimum Gasteiger partial charge on any atom is -0.342 e. The molecule has 124 valence electrons. The first-order valence-electron chi connectivity index (χ1n) is 7.42. The van der Waals surface area contributed by atoms with Gasteiger partial charge >= 0.3 is 0 Å². The molecule has 3 rings (SSSR count). The summed E-state index contributed by atoms with van der Waals surface area (Å²) in [5.41, 5.74) is 0.609. The highest BCUT2D eigenvalue weighted by atomic mass is 32.2. The lowest BCUT2D eigenvalue weighted by atomic mass is 10.1. The molecule has 1 atom stereocenters. The summed E-state index contributed by atoms with van der Waals surface area (Å²) in [6, 6.07) is 0. The van der Waals surface area contributed by atoms with E-state index in [1.807, 2.05) is 10.8 Å². The molecule has 0 saturated carbocycles. The molecule has 1 amide bonds. The van der Waals surface area contributed by atoms with Gasteiger partial charge in [-0.1, -0.05) is 0 Å². The van der Waals surface area contributed by atoms with E-state index >= 15 is 0 Å². The van der Waals surface area contributed by atoms with Crippen molar-refractivity contribution in [3.05, 3.63) is 30.6 Å². The van der Waals surface area contributed by atoms with Gasteiger partial charge in [-0.2, -0.15) is 5.10 Å². The van der Waals surface area contributed by atoms with Gasteiger partial charge in [0.1, 0.15) is 4.90 Å². The molecule has 1 fully saturated rings. The van der Waals surface area contributed by atoms with E-state index in [4.69, 9.17) is 0 Å². The zero-order chi connectivity index (χ0) is 16.4. The normalized spacial score (nSPS) is 18.5. The summed E-state index contributed by atoms with van der Waals surface area (Å²) >= 11 is 0. The third kappa shape index (κ3) is 3.44. The van der Waals surface area contributed by atoms with Crippen LogP contribution in [0.5, 0.6) is 0 Å². The van der Waals surface area contributed by atoms with Gasteiger partial charge in [-0.25, -0.2) is 13.4 Å².